The first-order valence-electron chi connectivity index (χ1n) is 5.35. The van der Waals surface area contributed by atoms with Crippen molar-refractivity contribution in [3.05, 3.63) is 45.2 Å². The summed E-state index contributed by atoms with van der Waals surface area (Å²) < 4.78 is 10.4. The van der Waals surface area contributed by atoms with Gasteiger partial charge in [0.1, 0.15) is 11.5 Å². The molecule has 88 valence electrons. The third-order valence-corrected chi connectivity index (χ3v) is 2.67. The SMILES string of the molecule is CO/C=C/CCc1oc(C)c(C)c(=O)c1C. The fourth-order valence-corrected chi connectivity index (χ4v) is 1.52. The molecular weight excluding hydrogens is 204 g/mol. The number of allylic oxidation sites excluding steroid dienone is 1. The second kappa shape index (κ2) is 5.54. The Kier molecular flexibility index (Phi) is 4.35. The van der Waals surface area contributed by atoms with Crippen LogP contribution in [0.25, 0.3) is 0 Å². The van der Waals surface area contributed by atoms with Crippen molar-refractivity contribution in [1.82, 2.24) is 0 Å². The molecule has 0 unspecified atom stereocenters. The van der Waals surface area contributed by atoms with E-state index in [-0.39, 0.29) is 5.43 Å². The first-order valence-corrected chi connectivity index (χ1v) is 5.35. The molecule has 0 aliphatic carbocycles. The lowest BCUT2D eigenvalue weighted by molar-refractivity contribution is 0.336. The molecule has 0 spiro atoms. The number of methoxy groups -OCH3 is 1. The Morgan fingerprint density at radius 3 is 2.56 bits per heavy atom. The number of aryl methyl sites for hydroxylation is 2. The maximum Gasteiger partial charge on any atom is 0.191 e. The van der Waals surface area contributed by atoms with Crippen LogP contribution in [0.2, 0.25) is 0 Å². The molecular formula is C13H18O3. The monoisotopic (exact) mass is 222 g/mol. The second-order valence-electron chi connectivity index (χ2n) is 3.81. The summed E-state index contributed by atoms with van der Waals surface area (Å²) in [6.07, 6.45) is 5.07. The average Bonchev–Trinajstić information content (AvgIpc) is 2.28. The van der Waals surface area contributed by atoms with E-state index in [1.165, 1.54) is 0 Å². The fourth-order valence-electron chi connectivity index (χ4n) is 1.52. The van der Waals surface area contributed by atoms with Crippen LogP contribution in [0.1, 0.15) is 29.1 Å². The maximum absolute atomic E-state index is 11.8. The molecule has 1 aromatic heterocycles. The van der Waals surface area contributed by atoms with Gasteiger partial charge in [0.25, 0.3) is 0 Å². The van der Waals surface area contributed by atoms with Gasteiger partial charge < -0.3 is 9.15 Å². The van der Waals surface area contributed by atoms with Crippen molar-refractivity contribution in [3.8, 4) is 0 Å². The molecule has 1 rings (SSSR count). The van der Waals surface area contributed by atoms with Crippen LogP contribution in [0.3, 0.4) is 0 Å². The zero-order valence-corrected chi connectivity index (χ0v) is 10.3. The van der Waals surface area contributed by atoms with Gasteiger partial charge in [-0.25, -0.2) is 0 Å². The predicted octanol–water partition coefficient (Wildman–Crippen LogP) is 2.66. The van der Waals surface area contributed by atoms with Crippen molar-refractivity contribution in [2.24, 2.45) is 0 Å². The smallest absolute Gasteiger partial charge is 0.191 e. The molecule has 16 heavy (non-hydrogen) atoms. The van der Waals surface area contributed by atoms with E-state index >= 15 is 0 Å². The van der Waals surface area contributed by atoms with Crippen molar-refractivity contribution in [2.45, 2.75) is 33.6 Å². The molecule has 0 amide bonds. The van der Waals surface area contributed by atoms with Crippen LogP contribution in [0, 0.1) is 20.8 Å². The van der Waals surface area contributed by atoms with Crippen molar-refractivity contribution < 1.29 is 9.15 Å². The van der Waals surface area contributed by atoms with Crippen LogP contribution in [0.5, 0.6) is 0 Å². The minimum atomic E-state index is 0.0921. The molecule has 0 fully saturated rings. The van der Waals surface area contributed by atoms with E-state index in [9.17, 15) is 4.79 Å². The molecule has 3 heteroatoms. The van der Waals surface area contributed by atoms with Crippen LogP contribution in [0.15, 0.2) is 21.5 Å². The Hall–Kier alpha value is -1.51. The molecule has 0 N–H and O–H groups in total. The standard InChI is InChI=1S/C13H18O3/c1-9-11(3)16-12(10(2)13(9)14)7-5-6-8-15-4/h6,8H,5,7H2,1-4H3/b8-6+. The number of hydrogen-bond donors (Lipinski definition) is 0. The van der Waals surface area contributed by atoms with Gasteiger partial charge in [-0.15, -0.1) is 0 Å². The summed E-state index contributed by atoms with van der Waals surface area (Å²) in [4.78, 5) is 11.8. The molecule has 0 aromatic carbocycles. The van der Waals surface area contributed by atoms with Gasteiger partial charge in [-0.1, -0.05) is 0 Å². The van der Waals surface area contributed by atoms with Gasteiger partial charge >= 0.3 is 0 Å². The molecule has 0 radical (unpaired) electrons. The maximum atomic E-state index is 11.8. The van der Waals surface area contributed by atoms with E-state index in [1.54, 1.807) is 20.3 Å². The lowest BCUT2D eigenvalue weighted by Gasteiger charge is -2.06. The zero-order valence-electron chi connectivity index (χ0n) is 10.3. The highest BCUT2D eigenvalue weighted by molar-refractivity contribution is 5.25. The summed E-state index contributed by atoms with van der Waals surface area (Å²) in [6.45, 7) is 5.43. The molecule has 1 aromatic rings. The normalized spacial score (nSPS) is 11.0. The van der Waals surface area contributed by atoms with Crippen molar-refractivity contribution in [2.75, 3.05) is 7.11 Å². The molecule has 3 nitrogen and oxygen atoms in total. The van der Waals surface area contributed by atoms with E-state index in [1.807, 2.05) is 19.9 Å². The van der Waals surface area contributed by atoms with E-state index in [0.717, 1.165) is 18.6 Å². The molecule has 0 saturated carbocycles. The molecule has 0 aliphatic heterocycles. The number of ether oxygens (including phenoxy) is 1. The van der Waals surface area contributed by atoms with Gasteiger partial charge in [0, 0.05) is 17.5 Å². The van der Waals surface area contributed by atoms with E-state index in [2.05, 4.69) is 0 Å². The van der Waals surface area contributed by atoms with Crippen LogP contribution in [-0.2, 0) is 11.2 Å². The summed E-state index contributed by atoms with van der Waals surface area (Å²) in [5.74, 6) is 1.48. The molecule has 0 bridgehead atoms. The van der Waals surface area contributed by atoms with Gasteiger partial charge in [-0.3, -0.25) is 4.79 Å². The lowest BCUT2D eigenvalue weighted by Crippen LogP contribution is -2.13. The van der Waals surface area contributed by atoms with Gasteiger partial charge in [0.15, 0.2) is 5.43 Å². The third kappa shape index (κ3) is 2.75. The molecule has 0 saturated heterocycles. The largest absolute Gasteiger partial charge is 0.505 e. The Balaban J connectivity index is 2.89. The average molecular weight is 222 g/mol. The Morgan fingerprint density at radius 1 is 1.25 bits per heavy atom. The predicted molar refractivity (Wildman–Crippen MR) is 63.7 cm³/mol. The van der Waals surface area contributed by atoms with Gasteiger partial charge in [0.2, 0.25) is 0 Å². The first-order chi connectivity index (χ1) is 7.57. The quantitative estimate of drug-likeness (QED) is 0.735. The third-order valence-electron chi connectivity index (χ3n) is 2.67. The molecule has 1 heterocycles. The van der Waals surface area contributed by atoms with Crippen LogP contribution >= 0.6 is 0 Å². The summed E-state index contributed by atoms with van der Waals surface area (Å²) in [5.41, 5.74) is 1.51. The highest BCUT2D eigenvalue weighted by Crippen LogP contribution is 2.12. The molecule has 0 atom stereocenters. The Bertz CT molecular complexity index is 441. The summed E-state index contributed by atoms with van der Waals surface area (Å²) >= 11 is 0. The highest BCUT2D eigenvalue weighted by Gasteiger charge is 2.09. The molecule has 0 aliphatic rings. The van der Waals surface area contributed by atoms with Crippen LogP contribution in [-0.4, -0.2) is 7.11 Å². The Labute approximate surface area is 95.7 Å². The van der Waals surface area contributed by atoms with Crippen LogP contribution in [0.4, 0.5) is 0 Å². The fraction of sp³-hybridized carbons (Fsp3) is 0.462. The lowest BCUT2D eigenvalue weighted by atomic mass is 10.1. The van der Waals surface area contributed by atoms with Gasteiger partial charge in [0.05, 0.1) is 13.4 Å². The number of hydrogen-bond acceptors (Lipinski definition) is 3. The minimum absolute atomic E-state index is 0.0921. The van der Waals surface area contributed by atoms with Gasteiger partial charge in [-0.05, 0) is 33.3 Å². The first kappa shape index (κ1) is 12.6. The zero-order chi connectivity index (χ0) is 12.1. The van der Waals surface area contributed by atoms with Crippen molar-refractivity contribution in [1.29, 1.82) is 0 Å². The summed E-state index contributed by atoms with van der Waals surface area (Å²) in [6, 6.07) is 0. The van der Waals surface area contributed by atoms with E-state index in [0.29, 0.717) is 16.9 Å². The summed E-state index contributed by atoms with van der Waals surface area (Å²) in [5, 5.41) is 0. The minimum Gasteiger partial charge on any atom is -0.505 e. The summed E-state index contributed by atoms with van der Waals surface area (Å²) in [7, 11) is 1.61. The number of rotatable bonds is 4. The Morgan fingerprint density at radius 2 is 1.94 bits per heavy atom. The van der Waals surface area contributed by atoms with E-state index in [4.69, 9.17) is 9.15 Å². The highest BCUT2D eigenvalue weighted by atomic mass is 16.5. The topological polar surface area (TPSA) is 39.4 Å². The second-order valence-corrected chi connectivity index (χ2v) is 3.81. The van der Waals surface area contributed by atoms with Crippen molar-refractivity contribution in [3.63, 3.8) is 0 Å². The van der Waals surface area contributed by atoms with E-state index < -0.39 is 0 Å². The van der Waals surface area contributed by atoms with Crippen molar-refractivity contribution >= 4 is 0 Å². The van der Waals surface area contributed by atoms with Gasteiger partial charge in [-0.2, -0.15) is 0 Å². The van der Waals surface area contributed by atoms with Crippen LogP contribution < -0.4 is 5.43 Å².